The number of hydrogen-bond acceptors (Lipinski definition) is 3. The maximum atomic E-state index is 10.1. The summed E-state index contributed by atoms with van der Waals surface area (Å²) in [6.45, 7) is 9.67. The van der Waals surface area contributed by atoms with E-state index in [1.807, 2.05) is 20.8 Å². The molecule has 0 rings (SSSR count). The summed E-state index contributed by atoms with van der Waals surface area (Å²) in [4.78, 5) is 10.1. The highest BCUT2D eigenvalue weighted by Gasteiger charge is 2.18. The zero-order valence-corrected chi connectivity index (χ0v) is 11.2. The van der Waals surface area contributed by atoms with E-state index < -0.39 is 5.60 Å². The lowest BCUT2D eigenvalue weighted by atomic mass is 9.93. The maximum Gasteiger partial charge on any atom is 0.293 e. The monoisotopic (exact) mass is 237 g/mol. The van der Waals surface area contributed by atoms with Gasteiger partial charge in [-0.05, 0) is 41.0 Å². The van der Waals surface area contributed by atoms with E-state index >= 15 is 0 Å². The van der Waals surface area contributed by atoms with Gasteiger partial charge in [0.05, 0.1) is 0 Å². The minimum Gasteiger partial charge on any atom is -0.465 e. The lowest BCUT2D eigenvalue weighted by Gasteiger charge is -2.18. The van der Waals surface area contributed by atoms with Crippen LogP contribution in [0.1, 0.15) is 34.6 Å². The van der Waals surface area contributed by atoms with Gasteiger partial charge in [0.1, 0.15) is 11.7 Å². The van der Waals surface area contributed by atoms with Crippen LogP contribution in [0.25, 0.3) is 0 Å². The van der Waals surface area contributed by atoms with E-state index in [1.165, 1.54) is 0 Å². The first-order valence-corrected chi connectivity index (χ1v) is 5.55. The highest BCUT2D eigenvalue weighted by molar-refractivity contribution is 5.38. The molecule has 0 bridgehead atoms. The van der Waals surface area contributed by atoms with Gasteiger partial charge in [-0.3, -0.25) is 4.79 Å². The molecule has 0 unspecified atom stereocenters. The molecule has 0 spiro atoms. The van der Waals surface area contributed by atoms with Crippen LogP contribution >= 0.6 is 0 Å². The van der Waals surface area contributed by atoms with E-state index in [0.29, 0.717) is 6.47 Å². The number of hydrogen-bond donors (Lipinski definition) is 1. The van der Waals surface area contributed by atoms with Crippen molar-refractivity contribution in [1.82, 2.24) is 0 Å². The van der Waals surface area contributed by atoms with Crippen LogP contribution in [0.2, 0.25) is 0 Å². The Morgan fingerprint density at radius 1 is 1.24 bits per heavy atom. The molecule has 0 aromatic rings. The fraction of sp³-hybridized carbons (Fsp3) is 0.571. The lowest BCUT2D eigenvalue weighted by Crippen LogP contribution is -2.24. The van der Waals surface area contributed by atoms with Crippen molar-refractivity contribution in [2.45, 2.75) is 46.3 Å². The van der Waals surface area contributed by atoms with Gasteiger partial charge in [0.2, 0.25) is 0 Å². The molecule has 0 fully saturated rings. The molecule has 1 N–H and O–H groups in total. The average molecular weight is 237 g/mol. The molecule has 3 nitrogen and oxygen atoms in total. The first-order valence-electron chi connectivity index (χ1n) is 5.55. The molecule has 17 heavy (non-hydrogen) atoms. The van der Waals surface area contributed by atoms with Crippen LogP contribution in [0.5, 0.6) is 0 Å². The van der Waals surface area contributed by atoms with Gasteiger partial charge in [-0.1, -0.05) is 11.8 Å². The van der Waals surface area contributed by atoms with E-state index in [0.717, 1.165) is 0 Å². The number of carbonyl (C=O) groups is 1. The number of aliphatic hydroxyl groups is 1. The van der Waals surface area contributed by atoms with Crippen molar-refractivity contribution < 1.29 is 14.6 Å². The van der Waals surface area contributed by atoms with Crippen molar-refractivity contribution in [3.05, 3.63) is 19.3 Å². The second-order valence-corrected chi connectivity index (χ2v) is 5.14. The summed E-state index contributed by atoms with van der Waals surface area (Å²) in [5, 5.41) is 9.93. The third-order valence-corrected chi connectivity index (χ3v) is 1.76. The first-order chi connectivity index (χ1) is 7.66. The van der Waals surface area contributed by atoms with Crippen LogP contribution in [0.4, 0.5) is 0 Å². The van der Waals surface area contributed by atoms with Crippen LogP contribution in [-0.4, -0.2) is 23.3 Å². The molecule has 2 atom stereocenters. The Labute approximate surface area is 105 Å². The molecule has 3 radical (unpaired) electrons. The molecule has 0 heterocycles. The second-order valence-electron chi connectivity index (χ2n) is 5.14. The van der Waals surface area contributed by atoms with Crippen LogP contribution in [-0.2, 0) is 9.53 Å². The summed E-state index contributed by atoms with van der Waals surface area (Å²) in [7, 11) is 0. The molecule has 0 aliphatic heterocycles. The summed E-state index contributed by atoms with van der Waals surface area (Å²) in [5.74, 6) is 5.77. The molecule has 95 valence electrons. The average Bonchev–Trinajstić information content (AvgIpc) is 2.14. The summed E-state index contributed by atoms with van der Waals surface area (Å²) in [6.07, 6.45) is 4.57. The molecule has 3 heteroatoms. The van der Waals surface area contributed by atoms with E-state index in [1.54, 1.807) is 33.1 Å². The Balaban J connectivity index is 4.09. The molecule has 0 amide bonds. The van der Waals surface area contributed by atoms with Gasteiger partial charge in [-0.25, -0.2) is 0 Å². The molecule has 0 saturated heterocycles. The quantitative estimate of drug-likeness (QED) is 0.567. The highest BCUT2D eigenvalue weighted by atomic mass is 16.5. The van der Waals surface area contributed by atoms with Crippen molar-refractivity contribution in [2.75, 3.05) is 0 Å². The van der Waals surface area contributed by atoms with E-state index in [2.05, 4.69) is 16.6 Å². The van der Waals surface area contributed by atoms with Gasteiger partial charge in [-0.15, -0.1) is 0 Å². The number of ether oxygens (including phenoxy) is 1. The second kappa shape index (κ2) is 6.66. The molecule has 0 aliphatic carbocycles. The number of rotatable bonds is 6. The summed E-state index contributed by atoms with van der Waals surface area (Å²) in [6, 6.07) is 0. The molecular formula is C14H21O3. The van der Waals surface area contributed by atoms with Gasteiger partial charge >= 0.3 is 0 Å². The summed E-state index contributed by atoms with van der Waals surface area (Å²) >= 11 is 0. The summed E-state index contributed by atoms with van der Waals surface area (Å²) < 4.78 is 4.67. The Morgan fingerprint density at radius 3 is 2.29 bits per heavy atom. The van der Waals surface area contributed by atoms with Crippen molar-refractivity contribution in [2.24, 2.45) is 5.41 Å². The molecular weight excluding hydrogens is 216 g/mol. The lowest BCUT2D eigenvalue weighted by molar-refractivity contribution is -0.131. The minimum absolute atomic E-state index is 0.143. The maximum absolute atomic E-state index is 10.1. The van der Waals surface area contributed by atoms with Gasteiger partial charge in [0.25, 0.3) is 6.47 Å². The standard InChI is InChI=1S/C14H21O3/c1-12(17-11-15)7-6-8-14(5,16)10-9-13(2,3)4/h6-8,11-12,16H,1-5H3/t12-,14+/m0/s1. The topological polar surface area (TPSA) is 46.5 Å². The fourth-order valence-corrected chi connectivity index (χ4v) is 0.888. The minimum atomic E-state index is -1.18. The highest BCUT2D eigenvalue weighted by Crippen LogP contribution is 2.15. The first kappa shape index (κ1) is 16.0. The van der Waals surface area contributed by atoms with Gasteiger partial charge < -0.3 is 9.84 Å². The molecule has 0 aromatic carbocycles. The Morgan fingerprint density at radius 2 is 1.82 bits per heavy atom. The third kappa shape index (κ3) is 9.89. The Hall–Kier alpha value is -1.01. The zero-order valence-electron chi connectivity index (χ0n) is 11.2. The molecule has 0 aliphatic rings. The van der Waals surface area contributed by atoms with E-state index in [9.17, 15) is 9.90 Å². The summed E-state index contributed by atoms with van der Waals surface area (Å²) in [5.41, 5.74) is -1.32. The van der Waals surface area contributed by atoms with Gasteiger partial charge in [0.15, 0.2) is 0 Å². The molecule has 0 saturated carbocycles. The largest absolute Gasteiger partial charge is 0.465 e. The number of carbonyl (C=O) groups excluding carboxylic acids is 1. The van der Waals surface area contributed by atoms with Crippen molar-refractivity contribution in [1.29, 1.82) is 0 Å². The SMILES string of the molecule is C[C@@H]([CH][CH][CH][C@@](C)(O)C#CC(C)(C)C)OC=O. The van der Waals surface area contributed by atoms with Crippen molar-refractivity contribution in [3.63, 3.8) is 0 Å². The fourth-order valence-electron chi connectivity index (χ4n) is 0.888. The predicted molar refractivity (Wildman–Crippen MR) is 67.4 cm³/mol. The van der Waals surface area contributed by atoms with E-state index in [-0.39, 0.29) is 11.5 Å². The zero-order chi connectivity index (χ0) is 13.5. The van der Waals surface area contributed by atoms with Crippen molar-refractivity contribution >= 4 is 6.47 Å². The van der Waals surface area contributed by atoms with Gasteiger partial charge in [0, 0.05) is 18.3 Å². The Bertz CT molecular complexity index is 289. The van der Waals surface area contributed by atoms with Crippen LogP contribution in [0, 0.1) is 36.5 Å². The normalized spacial score (nSPS) is 16.4. The third-order valence-electron chi connectivity index (χ3n) is 1.76. The van der Waals surface area contributed by atoms with Crippen LogP contribution in [0.15, 0.2) is 0 Å². The van der Waals surface area contributed by atoms with Crippen molar-refractivity contribution in [3.8, 4) is 11.8 Å². The van der Waals surface area contributed by atoms with E-state index in [4.69, 9.17) is 0 Å². The predicted octanol–water partition coefficient (Wildman–Crippen LogP) is 1.96. The van der Waals surface area contributed by atoms with Crippen LogP contribution in [0.3, 0.4) is 0 Å². The van der Waals surface area contributed by atoms with Gasteiger partial charge in [-0.2, -0.15) is 0 Å². The Kier molecular flexibility index (Phi) is 6.26. The smallest absolute Gasteiger partial charge is 0.293 e. The molecule has 0 aromatic heterocycles. The van der Waals surface area contributed by atoms with Crippen LogP contribution < -0.4 is 0 Å².